The standard InChI is InChI=1S/C14H19N5O/c1-10-12(9-17-19(10)4)14(20)16-8-11-5-6-15-13(7-11)18(2)3/h5-7,9H,8H2,1-4H3,(H,16,20). The largest absolute Gasteiger partial charge is 0.363 e. The highest BCUT2D eigenvalue weighted by Crippen LogP contribution is 2.10. The van der Waals surface area contributed by atoms with Crippen molar-refractivity contribution >= 4 is 11.7 Å². The normalized spacial score (nSPS) is 10.4. The Balaban J connectivity index is 2.03. The smallest absolute Gasteiger partial charge is 0.255 e. The minimum absolute atomic E-state index is 0.112. The molecule has 0 bridgehead atoms. The van der Waals surface area contributed by atoms with Gasteiger partial charge >= 0.3 is 0 Å². The Morgan fingerprint density at radius 3 is 2.80 bits per heavy atom. The summed E-state index contributed by atoms with van der Waals surface area (Å²) in [4.78, 5) is 18.2. The van der Waals surface area contributed by atoms with E-state index in [0.29, 0.717) is 12.1 Å². The third-order valence-electron chi connectivity index (χ3n) is 3.20. The number of anilines is 1. The quantitative estimate of drug-likeness (QED) is 0.906. The average Bonchev–Trinajstić information content (AvgIpc) is 2.77. The number of carbonyl (C=O) groups is 1. The minimum Gasteiger partial charge on any atom is -0.363 e. The Kier molecular flexibility index (Phi) is 4.02. The second kappa shape index (κ2) is 5.73. The van der Waals surface area contributed by atoms with Gasteiger partial charge in [0, 0.05) is 39.6 Å². The maximum atomic E-state index is 12.1. The van der Waals surface area contributed by atoms with E-state index < -0.39 is 0 Å². The molecule has 1 N–H and O–H groups in total. The Hall–Kier alpha value is -2.37. The summed E-state index contributed by atoms with van der Waals surface area (Å²) in [5.41, 5.74) is 2.47. The maximum absolute atomic E-state index is 12.1. The zero-order valence-electron chi connectivity index (χ0n) is 12.2. The van der Waals surface area contributed by atoms with E-state index in [1.807, 2.05) is 45.1 Å². The summed E-state index contributed by atoms with van der Waals surface area (Å²) in [7, 11) is 5.69. The first-order valence-electron chi connectivity index (χ1n) is 6.38. The van der Waals surface area contributed by atoms with Crippen LogP contribution in [0.15, 0.2) is 24.5 Å². The lowest BCUT2D eigenvalue weighted by molar-refractivity contribution is 0.0950. The van der Waals surface area contributed by atoms with E-state index in [1.165, 1.54) is 0 Å². The molecular formula is C14H19N5O. The molecule has 0 atom stereocenters. The van der Waals surface area contributed by atoms with Crippen molar-refractivity contribution in [3.63, 3.8) is 0 Å². The molecule has 2 rings (SSSR count). The van der Waals surface area contributed by atoms with Gasteiger partial charge in [-0.25, -0.2) is 4.98 Å². The third kappa shape index (κ3) is 2.96. The van der Waals surface area contributed by atoms with Crippen molar-refractivity contribution < 1.29 is 4.79 Å². The molecule has 6 heteroatoms. The fourth-order valence-electron chi connectivity index (χ4n) is 1.81. The number of nitrogens with one attached hydrogen (secondary N) is 1. The number of amides is 1. The zero-order chi connectivity index (χ0) is 14.7. The van der Waals surface area contributed by atoms with Crippen molar-refractivity contribution in [3.8, 4) is 0 Å². The van der Waals surface area contributed by atoms with Crippen LogP contribution >= 0.6 is 0 Å². The molecule has 0 aliphatic heterocycles. The number of hydrogen-bond donors (Lipinski definition) is 1. The van der Waals surface area contributed by atoms with Crippen LogP contribution in [0.25, 0.3) is 0 Å². The predicted molar refractivity (Wildman–Crippen MR) is 77.7 cm³/mol. The lowest BCUT2D eigenvalue weighted by atomic mass is 10.2. The molecule has 20 heavy (non-hydrogen) atoms. The molecule has 0 fully saturated rings. The summed E-state index contributed by atoms with van der Waals surface area (Å²) in [6.45, 7) is 2.34. The Morgan fingerprint density at radius 1 is 1.45 bits per heavy atom. The number of rotatable bonds is 4. The molecule has 0 spiro atoms. The third-order valence-corrected chi connectivity index (χ3v) is 3.20. The lowest BCUT2D eigenvalue weighted by Gasteiger charge is -2.12. The van der Waals surface area contributed by atoms with Gasteiger partial charge in [0.05, 0.1) is 11.8 Å². The first kappa shape index (κ1) is 14.0. The van der Waals surface area contributed by atoms with Gasteiger partial charge in [0.2, 0.25) is 0 Å². The van der Waals surface area contributed by atoms with Crippen molar-refractivity contribution in [1.82, 2.24) is 20.1 Å². The molecule has 6 nitrogen and oxygen atoms in total. The van der Waals surface area contributed by atoms with Crippen LogP contribution in [0.3, 0.4) is 0 Å². The molecule has 2 heterocycles. The fourth-order valence-corrected chi connectivity index (χ4v) is 1.81. The number of aromatic nitrogens is 3. The second-order valence-corrected chi connectivity index (χ2v) is 4.87. The van der Waals surface area contributed by atoms with Gasteiger partial charge in [-0.3, -0.25) is 9.48 Å². The number of pyridine rings is 1. The van der Waals surface area contributed by atoms with Crippen molar-refractivity contribution in [1.29, 1.82) is 0 Å². The van der Waals surface area contributed by atoms with Crippen molar-refractivity contribution in [2.24, 2.45) is 7.05 Å². The van der Waals surface area contributed by atoms with Crippen LogP contribution < -0.4 is 10.2 Å². The van der Waals surface area contributed by atoms with E-state index in [1.54, 1.807) is 17.1 Å². The highest BCUT2D eigenvalue weighted by atomic mass is 16.1. The van der Waals surface area contributed by atoms with E-state index in [9.17, 15) is 4.79 Å². The zero-order valence-corrected chi connectivity index (χ0v) is 12.2. The van der Waals surface area contributed by atoms with Gasteiger partial charge in [0.1, 0.15) is 5.82 Å². The molecule has 0 aliphatic rings. The van der Waals surface area contributed by atoms with Gasteiger partial charge in [-0.2, -0.15) is 5.10 Å². The topological polar surface area (TPSA) is 63.1 Å². The molecule has 1 amide bonds. The van der Waals surface area contributed by atoms with Crippen LogP contribution in [0.4, 0.5) is 5.82 Å². The molecule has 0 saturated carbocycles. The molecule has 106 valence electrons. The summed E-state index contributed by atoms with van der Waals surface area (Å²) < 4.78 is 1.69. The Bertz CT molecular complexity index is 618. The van der Waals surface area contributed by atoms with Crippen molar-refractivity contribution in [2.45, 2.75) is 13.5 Å². The molecule has 0 saturated heterocycles. The highest BCUT2D eigenvalue weighted by molar-refractivity contribution is 5.94. The van der Waals surface area contributed by atoms with Gasteiger partial charge < -0.3 is 10.2 Å². The summed E-state index contributed by atoms with van der Waals surface area (Å²) in [5.74, 6) is 0.758. The first-order valence-corrected chi connectivity index (χ1v) is 6.38. The van der Waals surface area contributed by atoms with Crippen LogP contribution in [0, 0.1) is 6.92 Å². The van der Waals surface area contributed by atoms with Gasteiger partial charge in [0.15, 0.2) is 0 Å². The predicted octanol–water partition coefficient (Wildman–Crippen LogP) is 1.12. The van der Waals surface area contributed by atoms with E-state index in [-0.39, 0.29) is 5.91 Å². The van der Waals surface area contributed by atoms with Crippen molar-refractivity contribution in [2.75, 3.05) is 19.0 Å². The van der Waals surface area contributed by atoms with Crippen LogP contribution in [0.5, 0.6) is 0 Å². The molecular weight excluding hydrogens is 254 g/mol. The summed E-state index contributed by atoms with van der Waals surface area (Å²) in [5, 5.41) is 6.97. The second-order valence-electron chi connectivity index (χ2n) is 4.87. The van der Waals surface area contributed by atoms with Gasteiger partial charge in [-0.1, -0.05) is 0 Å². The SMILES string of the molecule is Cc1c(C(=O)NCc2ccnc(N(C)C)c2)cnn1C. The Labute approximate surface area is 118 Å². The van der Waals surface area contributed by atoms with Crippen LogP contribution in [0.1, 0.15) is 21.6 Å². The van der Waals surface area contributed by atoms with Gasteiger partial charge in [0.25, 0.3) is 5.91 Å². The van der Waals surface area contributed by atoms with Crippen LogP contribution in [-0.2, 0) is 13.6 Å². The van der Waals surface area contributed by atoms with E-state index in [0.717, 1.165) is 17.1 Å². The summed E-state index contributed by atoms with van der Waals surface area (Å²) in [6.07, 6.45) is 3.33. The van der Waals surface area contributed by atoms with E-state index >= 15 is 0 Å². The fraction of sp³-hybridized carbons (Fsp3) is 0.357. The summed E-state index contributed by atoms with van der Waals surface area (Å²) >= 11 is 0. The van der Waals surface area contributed by atoms with Crippen molar-refractivity contribution in [3.05, 3.63) is 41.3 Å². The van der Waals surface area contributed by atoms with Crippen LogP contribution in [-0.4, -0.2) is 34.8 Å². The maximum Gasteiger partial charge on any atom is 0.255 e. The molecule has 2 aromatic rings. The monoisotopic (exact) mass is 273 g/mol. The molecule has 0 unspecified atom stereocenters. The molecule has 0 aliphatic carbocycles. The van der Waals surface area contributed by atoms with Crippen LogP contribution in [0.2, 0.25) is 0 Å². The first-order chi connectivity index (χ1) is 9.49. The lowest BCUT2D eigenvalue weighted by Crippen LogP contribution is -2.23. The molecule has 2 aromatic heterocycles. The minimum atomic E-state index is -0.112. The number of hydrogen-bond acceptors (Lipinski definition) is 4. The number of nitrogens with zero attached hydrogens (tertiary/aromatic N) is 4. The van der Waals surface area contributed by atoms with Gasteiger partial charge in [-0.15, -0.1) is 0 Å². The Morgan fingerprint density at radius 2 is 2.20 bits per heavy atom. The number of aryl methyl sites for hydroxylation is 1. The number of carbonyl (C=O) groups excluding carboxylic acids is 1. The average molecular weight is 273 g/mol. The summed E-state index contributed by atoms with van der Waals surface area (Å²) in [6, 6.07) is 3.85. The van der Waals surface area contributed by atoms with E-state index in [4.69, 9.17) is 0 Å². The van der Waals surface area contributed by atoms with E-state index in [2.05, 4.69) is 15.4 Å². The van der Waals surface area contributed by atoms with Gasteiger partial charge in [-0.05, 0) is 24.6 Å². The highest BCUT2D eigenvalue weighted by Gasteiger charge is 2.12. The molecule has 0 radical (unpaired) electrons. The molecule has 0 aromatic carbocycles.